The number of nitrogens with one attached hydrogen (secondary N) is 1. The third-order valence-electron chi connectivity index (χ3n) is 3.43. The highest BCUT2D eigenvalue weighted by molar-refractivity contribution is 5.95. The first-order chi connectivity index (χ1) is 10.9. The van der Waals surface area contributed by atoms with Crippen molar-refractivity contribution in [1.82, 2.24) is 4.90 Å². The van der Waals surface area contributed by atoms with Crippen LogP contribution in [0.5, 0.6) is 0 Å². The molecule has 1 aromatic rings. The van der Waals surface area contributed by atoms with E-state index in [2.05, 4.69) is 5.32 Å². The van der Waals surface area contributed by atoms with Crippen molar-refractivity contribution in [3.8, 4) is 0 Å². The number of hydrogen-bond acceptors (Lipinski definition) is 4. The first kappa shape index (κ1) is 17.7. The van der Waals surface area contributed by atoms with E-state index in [0.29, 0.717) is 12.3 Å². The zero-order chi connectivity index (χ0) is 16.9. The Labute approximate surface area is 132 Å². The van der Waals surface area contributed by atoms with Gasteiger partial charge in [-0.25, -0.2) is 0 Å². The molecule has 5 nitrogen and oxygen atoms in total. The van der Waals surface area contributed by atoms with Crippen LogP contribution in [0.15, 0.2) is 24.3 Å². The van der Waals surface area contributed by atoms with Crippen molar-refractivity contribution in [3.05, 3.63) is 29.8 Å². The van der Waals surface area contributed by atoms with E-state index < -0.39 is 24.7 Å². The van der Waals surface area contributed by atoms with Crippen LogP contribution in [-0.4, -0.2) is 56.4 Å². The second kappa shape index (κ2) is 7.76. The number of nitrogens with zero attached hydrogens (tertiary/aromatic N) is 1. The van der Waals surface area contributed by atoms with Gasteiger partial charge in [-0.2, -0.15) is 13.2 Å². The molecule has 0 spiro atoms. The van der Waals surface area contributed by atoms with E-state index in [1.54, 1.807) is 25.3 Å². The Balaban J connectivity index is 2.04. The Kier molecular flexibility index (Phi) is 5.97. The quantitative estimate of drug-likeness (QED) is 0.896. The van der Waals surface area contributed by atoms with Crippen molar-refractivity contribution >= 4 is 11.6 Å². The minimum atomic E-state index is -4.35. The van der Waals surface area contributed by atoms with E-state index in [9.17, 15) is 18.0 Å². The van der Waals surface area contributed by atoms with Gasteiger partial charge in [0.05, 0.1) is 26.4 Å². The van der Waals surface area contributed by atoms with Crippen LogP contribution < -0.4 is 5.32 Å². The van der Waals surface area contributed by atoms with E-state index in [0.717, 1.165) is 10.5 Å². The highest BCUT2D eigenvalue weighted by Crippen LogP contribution is 2.20. The molecule has 8 heteroatoms. The first-order valence-corrected chi connectivity index (χ1v) is 7.16. The van der Waals surface area contributed by atoms with Gasteiger partial charge in [-0.1, -0.05) is 12.1 Å². The van der Waals surface area contributed by atoms with Gasteiger partial charge in [0.25, 0.3) is 0 Å². The molecular weight excluding hydrogens is 313 g/mol. The number of halogens is 3. The third kappa shape index (κ3) is 5.49. The largest absolute Gasteiger partial charge is 0.401 e. The summed E-state index contributed by atoms with van der Waals surface area (Å²) < 4.78 is 48.0. The van der Waals surface area contributed by atoms with Crippen LogP contribution >= 0.6 is 0 Å². The molecule has 1 atom stereocenters. The first-order valence-electron chi connectivity index (χ1n) is 7.16. The fourth-order valence-corrected chi connectivity index (χ4v) is 2.43. The fourth-order valence-electron chi connectivity index (χ4n) is 2.43. The van der Waals surface area contributed by atoms with Crippen LogP contribution in [-0.2, 0) is 20.9 Å². The van der Waals surface area contributed by atoms with E-state index in [4.69, 9.17) is 9.47 Å². The van der Waals surface area contributed by atoms with E-state index in [-0.39, 0.29) is 19.8 Å². The predicted octanol–water partition coefficient (Wildman–Crippen LogP) is 2.03. The Morgan fingerprint density at radius 3 is 2.96 bits per heavy atom. The summed E-state index contributed by atoms with van der Waals surface area (Å²) in [4.78, 5) is 13.4. The number of morpholine rings is 1. The lowest BCUT2D eigenvalue weighted by Crippen LogP contribution is -2.54. The van der Waals surface area contributed by atoms with Crippen LogP contribution in [0.2, 0.25) is 0 Å². The summed E-state index contributed by atoms with van der Waals surface area (Å²) in [6.45, 7) is -0.543. The normalized spacial score (nSPS) is 19.6. The summed E-state index contributed by atoms with van der Waals surface area (Å²) in [6.07, 6.45) is -4.35. The number of carbonyl (C=O) groups is 1. The van der Waals surface area contributed by atoms with E-state index >= 15 is 0 Å². The van der Waals surface area contributed by atoms with Crippen molar-refractivity contribution in [2.75, 3.05) is 38.7 Å². The zero-order valence-corrected chi connectivity index (χ0v) is 12.7. The minimum Gasteiger partial charge on any atom is -0.380 e. The summed E-state index contributed by atoms with van der Waals surface area (Å²) in [7, 11) is 1.56. The molecule has 1 fully saturated rings. The van der Waals surface area contributed by atoms with Gasteiger partial charge >= 0.3 is 6.18 Å². The standard InChI is InChI=1S/C15H19F3N2O3/c1-22-8-11-3-2-4-12(7-11)19-14(21)13-9-23-6-5-20(13)10-15(16,17)18/h2-4,7,13H,5-6,8-10H2,1H3,(H,19,21). The SMILES string of the molecule is COCc1cccc(NC(=O)C2COCCN2CC(F)(F)F)c1. The van der Waals surface area contributed by atoms with E-state index in [1.807, 2.05) is 6.07 Å². The number of ether oxygens (including phenoxy) is 2. The molecule has 1 amide bonds. The fraction of sp³-hybridized carbons (Fsp3) is 0.533. The molecule has 1 aliphatic rings. The molecular formula is C15H19F3N2O3. The molecule has 1 saturated heterocycles. The second-order valence-corrected chi connectivity index (χ2v) is 5.30. The maximum Gasteiger partial charge on any atom is 0.401 e. The molecule has 2 rings (SSSR count). The van der Waals surface area contributed by atoms with Gasteiger partial charge in [0.2, 0.25) is 5.91 Å². The predicted molar refractivity (Wildman–Crippen MR) is 78.0 cm³/mol. The molecule has 0 bridgehead atoms. The Bertz CT molecular complexity index is 537. The smallest absolute Gasteiger partial charge is 0.380 e. The van der Waals surface area contributed by atoms with Gasteiger partial charge in [0.15, 0.2) is 0 Å². The van der Waals surface area contributed by atoms with Crippen molar-refractivity contribution in [3.63, 3.8) is 0 Å². The lowest BCUT2D eigenvalue weighted by atomic mass is 10.1. The molecule has 0 aliphatic carbocycles. The maximum atomic E-state index is 12.6. The molecule has 1 aliphatic heterocycles. The molecule has 1 N–H and O–H groups in total. The van der Waals surface area contributed by atoms with Crippen molar-refractivity contribution in [2.24, 2.45) is 0 Å². The summed E-state index contributed by atoms with van der Waals surface area (Å²) in [5, 5.41) is 2.64. The third-order valence-corrected chi connectivity index (χ3v) is 3.43. The van der Waals surface area contributed by atoms with Crippen LogP contribution in [0.3, 0.4) is 0 Å². The summed E-state index contributed by atoms with van der Waals surface area (Å²) in [6, 6.07) is 6.01. The Morgan fingerprint density at radius 2 is 2.26 bits per heavy atom. The molecule has 1 aromatic carbocycles. The van der Waals surface area contributed by atoms with Crippen molar-refractivity contribution in [1.29, 1.82) is 0 Å². The number of rotatable bonds is 5. The van der Waals surface area contributed by atoms with Gasteiger partial charge in [-0.05, 0) is 17.7 Å². The average molecular weight is 332 g/mol. The van der Waals surface area contributed by atoms with Crippen LogP contribution in [0, 0.1) is 0 Å². The number of carbonyl (C=O) groups excluding carboxylic acids is 1. The second-order valence-electron chi connectivity index (χ2n) is 5.30. The number of benzene rings is 1. The number of methoxy groups -OCH3 is 1. The van der Waals surface area contributed by atoms with Crippen molar-refractivity contribution in [2.45, 2.75) is 18.8 Å². The maximum absolute atomic E-state index is 12.6. The topological polar surface area (TPSA) is 50.8 Å². The van der Waals surface area contributed by atoms with Gasteiger partial charge in [0, 0.05) is 19.3 Å². The van der Waals surface area contributed by atoms with Gasteiger partial charge in [-0.3, -0.25) is 9.69 Å². The number of hydrogen-bond donors (Lipinski definition) is 1. The highest BCUT2D eigenvalue weighted by atomic mass is 19.4. The zero-order valence-electron chi connectivity index (χ0n) is 12.7. The van der Waals surface area contributed by atoms with Crippen molar-refractivity contribution < 1.29 is 27.4 Å². The molecule has 0 radical (unpaired) electrons. The lowest BCUT2D eigenvalue weighted by molar-refractivity contribution is -0.165. The molecule has 0 saturated carbocycles. The lowest BCUT2D eigenvalue weighted by Gasteiger charge is -2.34. The summed E-state index contributed by atoms with van der Waals surface area (Å²) >= 11 is 0. The van der Waals surface area contributed by atoms with Gasteiger partial charge in [-0.15, -0.1) is 0 Å². The number of alkyl halides is 3. The van der Waals surface area contributed by atoms with Crippen LogP contribution in [0.25, 0.3) is 0 Å². The number of amides is 1. The molecule has 1 unspecified atom stereocenters. The minimum absolute atomic E-state index is 0.0559. The molecule has 23 heavy (non-hydrogen) atoms. The van der Waals surface area contributed by atoms with Gasteiger partial charge < -0.3 is 14.8 Å². The van der Waals surface area contributed by atoms with E-state index in [1.165, 1.54) is 0 Å². The van der Waals surface area contributed by atoms with Gasteiger partial charge in [0.1, 0.15) is 6.04 Å². The monoisotopic (exact) mass is 332 g/mol. The molecule has 0 aromatic heterocycles. The van der Waals surface area contributed by atoms with Crippen LogP contribution in [0.1, 0.15) is 5.56 Å². The highest BCUT2D eigenvalue weighted by Gasteiger charge is 2.38. The Hall–Kier alpha value is -1.64. The molecule has 128 valence electrons. The average Bonchev–Trinajstić information content (AvgIpc) is 2.47. The van der Waals surface area contributed by atoms with Crippen LogP contribution in [0.4, 0.5) is 18.9 Å². The Morgan fingerprint density at radius 1 is 1.48 bits per heavy atom. The summed E-state index contributed by atoms with van der Waals surface area (Å²) in [5.41, 5.74) is 1.37. The molecule has 1 heterocycles. The summed E-state index contributed by atoms with van der Waals surface area (Å²) in [5.74, 6) is -0.511. The number of anilines is 1.